The van der Waals surface area contributed by atoms with Crippen LogP contribution in [0.5, 0.6) is 0 Å². The van der Waals surface area contributed by atoms with Crippen molar-refractivity contribution in [3.8, 4) is 0 Å². The van der Waals surface area contributed by atoms with Crippen molar-refractivity contribution in [3.63, 3.8) is 0 Å². The largest absolute Gasteiger partial charge is 0.481 e. The van der Waals surface area contributed by atoms with Crippen LogP contribution in [0.2, 0.25) is 0 Å². The zero-order valence-electron chi connectivity index (χ0n) is 8.42. The topological polar surface area (TPSA) is 57.6 Å². The minimum absolute atomic E-state index is 0.0725. The molecule has 0 radical (unpaired) electrons. The molecular formula is C8H11F4NO3. The molecule has 0 aromatic heterocycles. The van der Waals surface area contributed by atoms with E-state index in [9.17, 15) is 27.2 Å². The molecule has 0 aliphatic rings. The zero-order valence-corrected chi connectivity index (χ0v) is 8.42. The Balaban J connectivity index is 4.23. The van der Waals surface area contributed by atoms with E-state index in [0.717, 1.165) is 7.05 Å². The van der Waals surface area contributed by atoms with Gasteiger partial charge in [-0.1, -0.05) is 0 Å². The van der Waals surface area contributed by atoms with E-state index in [0.29, 0.717) is 4.90 Å². The summed E-state index contributed by atoms with van der Waals surface area (Å²) in [6, 6.07) is 0. The van der Waals surface area contributed by atoms with Gasteiger partial charge in [0, 0.05) is 20.0 Å². The van der Waals surface area contributed by atoms with Gasteiger partial charge in [0.25, 0.3) is 5.91 Å². The van der Waals surface area contributed by atoms with Crippen LogP contribution in [0, 0.1) is 0 Å². The standard InChI is InChI=1S/C8H11F4NO3/c1-13(4-2-3-5(14)15)7(16)8(11,12)6(9)10/h6H,2-4H2,1H3,(H,14,15). The van der Waals surface area contributed by atoms with E-state index in [1.165, 1.54) is 0 Å². The third-order valence-corrected chi connectivity index (χ3v) is 1.79. The first-order chi connectivity index (χ1) is 7.19. The van der Waals surface area contributed by atoms with Gasteiger partial charge in [0.1, 0.15) is 0 Å². The van der Waals surface area contributed by atoms with Crippen LogP contribution in [0.15, 0.2) is 0 Å². The highest BCUT2D eigenvalue weighted by molar-refractivity contribution is 5.83. The average molecular weight is 245 g/mol. The van der Waals surface area contributed by atoms with Crippen LogP contribution < -0.4 is 0 Å². The van der Waals surface area contributed by atoms with Crippen molar-refractivity contribution < 1.29 is 32.3 Å². The molecule has 1 N–H and O–H groups in total. The molecule has 0 atom stereocenters. The Hall–Kier alpha value is -1.34. The summed E-state index contributed by atoms with van der Waals surface area (Å²) < 4.78 is 48.6. The molecule has 0 saturated heterocycles. The van der Waals surface area contributed by atoms with Crippen LogP contribution in [-0.2, 0) is 9.59 Å². The number of carboxylic acids is 1. The number of aliphatic carboxylic acids is 1. The maximum Gasteiger partial charge on any atom is 0.383 e. The van der Waals surface area contributed by atoms with Gasteiger partial charge in [-0.3, -0.25) is 9.59 Å². The number of amides is 1. The molecule has 0 unspecified atom stereocenters. The Bertz CT molecular complexity index is 270. The first kappa shape index (κ1) is 14.7. The van der Waals surface area contributed by atoms with Crippen LogP contribution in [-0.4, -0.2) is 47.8 Å². The molecule has 0 aromatic carbocycles. The fourth-order valence-corrected chi connectivity index (χ4v) is 0.917. The minimum atomic E-state index is -4.72. The van der Waals surface area contributed by atoms with Gasteiger partial charge in [-0.15, -0.1) is 0 Å². The highest BCUT2D eigenvalue weighted by atomic mass is 19.3. The number of hydrogen-bond acceptors (Lipinski definition) is 2. The first-order valence-electron chi connectivity index (χ1n) is 4.33. The molecule has 0 saturated carbocycles. The normalized spacial score (nSPS) is 11.6. The Morgan fingerprint density at radius 2 is 1.88 bits per heavy atom. The maximum atomic E-state index is 12.5. The second kappa shape index (κ2) is 5.66. The average Bonchev–Trinajstić information content (AvgIpc) is 2.15. The SMILES string of the molecule is CN(CCCC(=O)O)C(=O)C(F)(F)C(F)F. The van der Waals surface area contributed by atoms with Crippen LogP contribution in [0.1, 0.15) is 12.8 Å². The van der Waals surface area contributed by atoms with Crippen molar-refractivity contribution in [1.82, 2.24) is 4.90 Å². The zero-order chi connectivity index (χ0) is 12.9. The Labute approximate surface area is 88.8 Å². The lowest BCUT2D eigenvalue weighted by Gasteiger charge is -2.22. The van der Waals surface area contributed by atoms with Crippen molar-refractivity contribution in [1.29, 1.82) is 0 Å². The van der Waals surface area contributed by atoms with E-state index in [1.54, 1.807) is 0 Å². The predicted octanol–water partition coefficient (Wildman–Crippen LogP) is 1.21. The molecule has 0 aliphatic carbocycles. The summed E-state index contributed by atoms with van der Waals surface area (Å²) in [6.45, 7) is -0.312. The Morgan fingerprint density at radius 1 is 1.38 bits per heavy atom. The van der Waals surface area contributed by atoms with Gasteiger partial charge < -0.3 is 10.0 Å². The molecular weight excluding hydrogens is 234 g/mol. The maximum absolute atomic E-state index is 12.5. The first-order valence-corrected chi connectivity index (χ1v) is 4.33. The molecule has 1 amide bonds. The molecule has 94 valence electrons. The lowest BCUT2D eigenvalue weighted by Crippen LogP contribution is -2.46. The number of carbonyl (C=O) groups is 2. The van der Waals surface area contributed by atoms with Crippen LogP contribution in [0.25, 0.3) is 0 Å². The Morgan fingerprint density at radius 3 is 2.25 bits per heavy atom. The van der Waals surface area contributed by atoms with Crippen molar-refractivity contribution in [2.75, 3.05) is 13.6 Å². The van der Waals surface area contributed by atoms with E-state index in [-0.39, 0.29) is 19.4 Å². The van der Waals surface area contributed by atoms with Gasteiger partial charge in [0.2, 0.25) is 0 Å². The summed E-state index contributed by atoms with van der Waals surface area (Å²) in [6.07, 6.45) is -4.46. The molecule has 0 heterocycles. The molecule has 4 nitrogen and oxygen atoms in total. The molecule has 8 heteroatoms. The number of carboxylic acid groups (broad SMARTS) is 1. The summed E-state index contributed by atoms with van der Waals surface area (Å²) in [5.41, 5.74) is 0. The molecule has 0 aliphatic heterocycles. The van der Waals surface area contributed by atoms with Crippen LogP contribution in [0.4, 0.5) is 17.6 Å². The number of carbonyl (C=O) groups excluding carboxylic acids is 1. The van der Waals surface area contributed by atoms with Crippen molar-refractivity contribution >= 4 is 11.9 Å². The molecule has 16 heavy (non-hydrogen) atoms. The summed E-state index contributed by atoms with van der Waals surface area (Å²) in [7, 11) is 0.917. The molecule has 0 spiro atoms. The monoisotopic (exact) mass is 245 g/mol. The fraction of sp³-hybridized carbons (Fsp3) is 0.750. The number of hydrogen-bond donors (Lipinski definition) is 1. The third kappa shape index (κ3) is 4.03. The van der Waals surface area contributed by atoms with Gasteiger partial charge in [-0.25, -0.2) is 8.78 Å². The fourth-order valence-electron chi connectivity index (χ4n) is 0.917. The molecule has 0 fully saturated rings. The highest BCUT2D eigenvalue weighted by Crippen LogP contribution is 2.24. The smallest absolute Gasteiger partial charge is 0.383 e. The minimum Gasteiger partial charge on any atom is -0.481 e. The lowest BCUT2D eigenvalue weighted by molar-refractivity contribution is -0.179. The second-order valence-electron chi connectivity index (χ2n) is 3.15. The lowest BCUT2D eigenvalue weighted by atomic mass is 10.2. The number of nitrogens with zero attached hydrogens (tertiary/aromatic N) is 1. The van der Waals surface area contributed by atoms with Gasteiger partial charge in [-0.05, 0) is 6.42 Å². The van der Waals surface area contributed by atoms with Crippen LogP contribution >= 0.6 is 0 Å². The third-order valence-electron chi connectivity index (χ3n) is 1.79. The summed E-state index contributed by atoms with van der Waals surface area (Å²) in [4.78, 5) is 21.3. The van der Waals surface area contributed by atoms with E-state index >= 15 is 0 Å². The quantitative estimate of drug-likeness (QED) is 0.715. The van der Waals surface area contributed by atoms with Gasteiger partial charge in [-0.2, -0.15) is 8.78 Å². The van der Waals surface area contributed by atoms with E-state index in [4.69, 9.17) is 5.11 Å². The van der Waals surface area contributed by atoms with E-state index in [2.05, 4.69) is 0 Å². The van der Waals surface area contributed by atoms with Gasteiger partial charge >= 0.3 is 18.3 Å². The second-order valence-corrected chi connectivity index (χ2v) is 3.15. The van der Waals surface area contributed by atoms with Crippen molar-refractivity contribution in [3.05, 3.63) is 0 Å². The van der Waals surface area contributed by atoms with Crippen molar-refractivity contribution in [2.45, 2.75) is 25.2 Å². The number of rotatable bonds is 6. The van der Waals surface area contributed by atoms with Crippen LogP contribution in [0.3, 0.4) is 0 Å². The summed E-state index contributed by atoms with van der Waals surface area (Å²) in [5.74, 6) is -7.88. The Kier molecular flexibility index (Phi) is 5.19. The van der Waals surface area contributed by atoms with Gasteiger partial charge in [0.15, 0.2) is 0 Å². The van der Waals surface area contributed by atoms with E-state index in [1.807, 2.05) is 0 Å². The number of halogens is 4. The van der Waals surface area contributed by atoms with Crippen molar-refractivity contribution in [2.24, 2.45) is 0 Å². The molecule has 0 rings (SSSR count). The summed E-state index contributed by atoms with van der Waals surface area (Å²) >= 11 is 0. The summed E-state index contributed by atoms with van der Waals surface area (Å²) in [5, 5.41) is 8.24. The highest BCUT2D eigenvalue weighted by Gasteiger charge is 2.50. The van der Waals surface area contributed by atoms with Gasteiger partial charge in [0.05, 0.1) is 0 Å². The molecule has 0 bridgehead atoms. The predicted molar refractivity (Wildman–Crippen MR) is 45.5 cm³/mol. The molecule has 0 aromatic rings. The number of alkyl halides is 4. The van der Waals surface area contributed by atoms with E-state index < -0.39 is 24.2 Å².